The molecule has 0 heterocycles. The molecule has 19 unspecified atom stereocenters. The Kier molecular flexibility index (Phi) is 7.41. The van der Waals surface area contributed by atoms with Crippen LogP contribution in [0.15, 0.2) is 0 Å². The summed E-state index contributed by atoms with van der Waals surface area (Å²) in [4.78, 5) is 0. The summed E-state index contributed by atoms with van der Waals surface area (Å²) in [6.07, 6.45) is -13.4. The molecular formula is C34H47F9O2. The molecule has 8 aliphatic carbocycles. The zero-order chi connectivity index (χ0) is 32.9. The Hall–Kier alpha value is -0.710. The number of aliphatic hydroxyl groups excluding tert-OH is 1. The van der Waals surface area contributed by atoms with Gasteiger partial charge in [0.2, 0.25) is 0 Å². The van der Waals surface area contributed by atoms with Crippen LogP contribution in [0, 0.1) is 107 Å². The third kappa shape index (κ3) is 4.42. The van der Waals surface area contributed by atoms with Gasteiger partial charge in [0.15, 0.2) is 0 Å². The van der Waals surface area contributed by atoms with Crippen LogP contribution in [0.2, 0.25) is 0 Å². The van der Waals surface area contributed by atoms with Gasteiger partial charge in [-0.15, -0.1) is 0 Å². The van der Waals surface area contributed by atoms with E-state index >= 15 is 0 Å². The molecule has 11 heteroatoms. The highest BCUT2D eigenvalue weighted by atomic mass is 19.4. The molecule has 2 N–H and O–H groups in total. The molecular weight excluding hydrogens is 611 g/mol. The fraction of sp³-hybridized carbons (Fsp3) is 1.00. The number of aliphatic hydroxyl groups is 2. The average Bonchev–Trinajstić information content (AvgIpc) is 3.76. The fourth-order valence-corrected chi connectivity index (χ4v) is 14.3. The molecule has 0 aromatic heterocycles. The third-order valence-corrected chi connectivity index (χ3v) is 16.1. The second-order valence-corrected chi connectivity index (χ2v) is 17.1. The highest BCUT2D eigenvalue weighted by molar-refractivity contribution is 5.18. The summed E-state index contributed by atoms with van der Waals surface area (Å²) >= 11 is 0. The lowest BCUT2D eigenvalue weighted by molar-refractivity contribution is -0.390. The molecule has 19 atom stereocenters. The predicted octanol–water partition coefficient (Wildman–Crippen LogP) is 8.76. The number of alkyl halides is 9. The van der Waals surface area contributed by atoms with E-state index in [2.05, 4.69) is 27.7 Å². The zero-order valence-electron chi connectivity index (χ0n) is 26.2. The quantitative estimate of drug-likeness (QED) is 0.235. The largest absolute Gasteiger partial charge is 0.426 e. The third-order valence-electron chi connectivity index (χ3n) is 16.1. The summed E-state index contributed by atoms with van der Waals surface area (Å²) < 4.78 is 118. The Morgan fingerprint density at radius 3 is 1.38 bits per heavy atom. The van der Waals surface area contributed by atoms with Gasteiger partial charge in [-0.25, -0.2) is 0 Å². The molecule has 0 aromatic rings. The number of fused-ring (bicyclic) bond motifs is 18. The summed E-state index contributed by atoms with van der Waals surface area (Å²) in [6.45, 7) is 8.96. The Bertz CT molecular complexity index is 1140. The van der Waals surface area contributed by atoms with Gasteiger partial charge in [-0.1, -0.05) is 27.7 Å². The second-order valence-electron chi connectivity index (χ2n) is 17.1. The van der Waals surface area contributed by atoms with Crippen LogP contribution < -0.4 is 0 Å². The van der Waals surface area contributed by atoms with Crippen molar-refractivity contribution in [1.29, 1.82) is 0 Å². The van der Waals surface area contributed by atoms with Crippen LogP contribution >= 0.6 is 0 Å². The molecule has 8 aliphatic rings. The minimum atomic E-state index is -5.69. The van der Waals surface area contributed by atoms with Gasteiger partial charge in [-0.2, -0.15) is 39.5 Å². The van der Waals surface area contributed by atoms with E-state index in [0.717, 1.165) is 48.9 Å². The van der Waals surface area contributed by atoms with Gasteiger partial charge in [0, 0.05) is 5.92 Å². The molecule has 8 fully saturated rings. The first-order valence-electron chi connectivity index (χ1n) is 17.3. The zero-order valence-corrected chi connectivity index (χ0v) is 26.2. The first-order chi connectivity index (χ1) is 20.7. The van der Waals surface area contributed by atoms with Crippen LogP contribution in [0.4, 0.5) is 39.5 Å². The van der Waals surface area contributed by atoms with E-state index in [0.29, 0.717) is 41.9 Å². The topological polar surface area (TPSA) is 40.5 Å². The molecule has 0 aliphatic heterocycles. The van der Waals surface area contributed by atoms with E-state index in [1.165, 1.54) is 6.42 Å². The van der Waals surface area contributed by atoms with E-state index < -0.39 is 42.1 Å². The predicted molar refractivity (Wildman–Crippen MR) is 147 cm³/mol. The number of hydrogen-bond donors (Lipinski definition) is 2. The molecule has 8 rings (SSSR count). The maximum absolute atomic E-state index is 13.3. The maximum atomic E-state index is 13.3. The molecule has 8 saturated carbocycles. The van der Waals surface area contributed by atoms with Crippen LogP contribution in [-0.2, 0) is 0 Å². The van der Waals surface area contributed by atoms with E-state index in [4.69, 9.17) is 0 Å². The number of rotatable bonds is 3. The monoisotopic (exact) mass is 658 g/mol. The van der Waals surface area contributed by atoms with E-state index in [-0.39, 0.29) is 42.4 Å². The maximum Gasteiger partial charge on any atom is 0.426 e. The summed E-state index contributed by atoms with van der Waals surface area (Å²) in [5, 5.41) is 19.3. The molecule has 45 heavy (non-hydrogen) atoms. The van der Waals surface area contributed by atoms with Crippen molar-refractivity contribution in [3.63, 3.8) is 0 Å². The van der Waals surface area contributed by atoms with Crippen LogP contribution in [0.3, 0.4) is 0 Å². The first kappa shape index (κ1) is 32.8. The molecule has 0 spiro atoms. The summed E-state index contributed by atoms with van der Waals surface area (Å²) in [5.41, 5.74) is -4.57. The van der Waals surface area contributed by atoms with Gasteiger partial charge >= 0.3 is 18.5 Å². The average molecular weight is 659 g/mol. The van der Waals surface area contributed by atoms with Gasteiger partial charge in [0.1, 0.15) is 6.10 Å². The standard InChI is InChI=1S/C17H22F6O.C17H25F3O/c1-6-7(2)10-5-9(6)13-8-3-11(14(10)13)12(4-8)15(24,16(18,19)20)17(21,22)23;1-7-8(2)12-6-11(7)15-10-3-9(13(4-10)16(12)15)5-14(21)17(18,19)20/h6-14,24H,3-5H2,1-2H3;7-16,21H,3-6H2,1-2H3. The Morgan fingerprint density at radius 1 is 0.533 bits per heavy atom. The van der Waals surface area contributed by atoms with Crippen molar-refractivity contribution in [1.82, 2.24) is 0 Å². The number of hydrogen-bond acceptors (Lipinski definition) is 2. The molecule has 0 radical (unpaired) electrons. The van der Waals surface area contributed by atoms with Gasteiger partial charge in [-0.3, -0.25) is 0 Å². The SMILES string of the molecule is CC1C(C)C2CC1C1C3CC(C21)C(C(O)(C(F)(F)F)C(F)(F)F)C3.CC1C(C)C2CC1C1C3CC(CC(O)C(F)(F)F)C(C3)C21. The molecule has 2 nitrogen and oxygen atoms in total. The normalized spacial score (nSPS) is 53.1. The van der Waals surface area contributed by atoms with E-state index in [9.17, 15) is 49.7 Å². The summed E-state index contributed by atoms with van der Waals surface area (Å²) in [5.74, 6) is 5.02. The molecule has 0 saturated heterocycles. The van der Waals surface area contributed by atoms with E-state index in [1.54, 1.807) is 0 Å². The molecule has 0 amide bonds. The van der Waals surface area contributed by atoms with Gasteiger partial charge in [-0.05, 0) is 146 Å². The van der Waals surface area contributed by atoms with Crippen molar-refractivity contribution in [2.45, 2.75) is 103 Å². The van der Waals surface area contributed by atoms with Crippen LogP contribution in [0.1, 0.15) is 72.6 Å². The highest BCUT2D eigenvalue weighted by Gasteiger charge is 2.79. The van der Waals surface area contributed by atoms with Crippen LogP contribution in [0.5, 0.6) is 0 Å². The van der Waals surface area contributed by atoms with E-state index in [1.807, 2.05) is 0 Å². The lowest BCUT2D eigenvalue weighted by Gasteiger charge is -2.48. The van der Waals surface area contributed by atoms with Crippen molar-refractivity contribution < 1.29 is 49.7 Å². The van der Waals surface area contributed by atoms with Crippen molar-refractivity contribution in [3.8, 4) is 0 Å². The van der Waals surface area contributed by atoms with Crippen LogP contribution in [0.25, 0.3) is 0 Å². The highest BCUT2D eigenvalue weighted by Crippen LogP contribution is 2.74. The fourth-order valence-electron chi connectivity index (χ4n) is 14.3. The van der Waals surface area contributed by atoms with Gasteiger partial charge in [0.05, 0.1) is 0 Å². The van der Waals surface area contributed by atoms with Gasteiger partial charge in [0.25, 0.3) is 5.60 Å². The Labute approximate surface area is 259 Å². The van der Waals surface area contributed by atoms with Crippen molar-refractivity contribution in [2.24, 2.45) is 107 Å². The van der Waals surface area contributed by atoms with Crippen molar-refractivity contribution in [2.75, 3.05) is 0 Å². The Morgan fingerprint density at radius 2 is 0.933 bits per heavy atom. The van der Waals surface area contributed by atoms with Crippen molar-refractivity contribution in [3.05, 3.63) is 0 Å². The Balaban J connectivity index is 0.000000146. The van der Waals surface area contributed by atoms with Crippen LogP contribution in [-0.4, -0.2) is 40.4 Å². The second kappa shape index (κ2) is 10.2. The molecule has 258 valence electrons. The summed E-state index contributed by atoms with van der Waals surface area (Å²) in [6, 6.07) is 0. The van der Waals surface area contributed by atoms with Gasteiger partial charge < -0.3 is 10.2 Å². The minimum Gasteiger partial charge on any atom is -0.384 e. The smallest absolute Gasteiger partial charge is 0.384 e. The number of halogens is 9. The molecule has 8 bridgehead atoms. The first-order valence-corrected chi connectivity index (χ1v) is 17.3. The molecule has 0 aromatic carbocycles. The lowest BCUT2D eigenvalue weighted by Crippen LogP contribution is -2.64. The summed E-state index contributed by atoms with van der Waals surface area (Å²) in [7, 11) is 0. The van der Waals surface area contributed by atoms with Crippen molar-refractivity contribution >= 4 is 0 Å². The minimum absolute atomic E-state index is 0.0603. The lowest BCUT2D eigenvalue weighted by atomic mass is 9.59.